The lowest BCUT2D eigenvalue weighted by atomic mass is 9.92. The summed E-state index contributed by atoms with van der Waals surface area (Å²) < 4.78 is 82.4. The third-order valence-electron chi connectivity index (χ3n) is 6.99. The molecule has 0 fully saturated rings. The molecule has 5 aromatic rings. The predicted octanol–water partition coefficient (Wildman–Crippen LogP) is 7.24. The van der Waals surface area contributed by atoms with Gasteiger partial charge >= 0.3 is 6.18 Å². The maximum absolute atomic E-state index is 14.8. The number of hydrogen-bond acceptors (Lipinski definition) is 9. The third kappa shape index (κ3) is 6.26. The number of nitrogen functional groups attached to an aromatic ring is 1. The van der Waals surface area contributed by atoms with E-state index in [0.717, 1.165) is 28.8 Å². The minimum atomic E-state index is -4.75. The number of nitrogens with two attached hydrogens (primary N) is 1. The maximum Gasteiger partial charge on any atom is 0.433 e. The number of nitrogens with one attached hydrogen (secondary N) is 3. The SMILES string of the molecule is CC(Nc1nc(C(F)(F)F)ccc1-c1[c]c2nc(N)sc2cc1-c1cccc2c1N=CCN2)c1ccc(NS(C)(=O)=O)c(F)c1. The summed E-state index contributed by atoms with van der Waals surface area (Å²) in [6.45, 7) is 2.16. The first-order chi connectivity index (χ1) is 21.3. The van der Waals surface area contributed by atoms with Crippen molar-refractivity contribution >= 4 is 65.8 Å². The molecule has 1 radical (unpaired) electrons. The molecule has 3 aromatic carbocycles. The first kappa shape index (κ1) is 30.3. The number of hydrogen-bond donors (Lipinski definition) is 4. The highest BCUT2D eigenvalue weighted by atomic mass is 32.2. The van der Waals surface area contributed by atoms with Gasteiger partial charge in [0.05, 0.1) is 46.1 Å². The van der Waals surface area contributed by atoms with Crippen LogP contribution in [0.3, 0.4) is 0 Å². The molecule has 2 aromatic heterocycles. The molecule has 0 saturated carbocycles. The topological polar surface area (TPSA) is 134 Å². The summed E-state index contributed by atoms with van der Waals surface area (Å²) in [6, 6.07) is 15.9. The summed E-state index contributed by atoms with van der Waals surface area (Å²) in [6.07, 6.45) is -2.13. The van der Waals surface area contributed by atoms with Crippen LogP contribution in [-0.4, -0.2) is 37.4 Å². The number of benzene rings is 3. The lowest BCUT2D eigenvalue weighted by molar-refractivity contribution is -0.141. The Bertz CT molecular complexity index is 2100. The smallest absolute Gasteiger partial charge is 0.378 e. The highest BCUT2D eigenvalue weighted by Gasteiger charge is 2.34. The van der Waals surface area contributed by atoms with E-state index in [1.54, 1.807) is 13.1 Å². The van der Waals surface area contributed by atoms with E-state index in [1.165, 1.54) is 29.5 Å². The Labute approximate surface area is 259 Å². The largest absolute Gasteiger partial charge is 0.433 e. The normalized spacial score (nSPS) is 13.7. The van der Waals surface area contributed by atoms with Crippen molar-refractivity contribution < 1.29 is 26.0 Å². The molecule has 0 spiro atoms. The fraction of sp³-hybridized carbons (Fsp3) is 0.167. The molecule has 9 nitrogen and oxygen atoms in total. The van der Waals surface area contributed by atoms with E-state index >= 15 is 0 Å². The Hall–Kier alpha value is -4.76. The second-order valence-electron chi connectivity index (χ2n) is 10.3. The molecule has 1 aliphatic rings. The van der Waals surface area contributed by atoms with E-state index in [0.29, 0.717) is 45.1 Å². The number of para-hydroxylation sites is 1. The van der Waals surface area contributed by atoms with Gasteiger partial charge in [-0.15, -0.1) is 0 Å². The van der Waals surface area contributed by atoms with Crippen molar-refractivity contribution in [2.24, 2.45) is 4.99 Å². The minimum absolute atomic E-state index is 0.137. The molecular formula is C30H24F4N7O2S2. The third-order valence-corrected chi connectivity index (χ3v) is 8.41. The van der Waals surface area contributed by atoms with Crippen LogP contribution in [0.2, 0.25) is 0 Å². The van der Waals surface area contributed by atoms with Gasteiger partial charge in [0.1, 0.15) is 17.3 Å². The van der Waals surface area contributed by atoms with Crippen molar-refractivity contribution in [3.63, 3.8) is 0 Å². The summed E-state index contributed by atoms with van der Waals surface area (Å²) in [5.74, 6) is -0.989. The zero-order valence-corrected chi connectivity index (χ0v) is 25.3. The van der Waals surface area contributed by atoms with Crippen molar-refractivity contribution in [2.75, 3.05) is 33.9 Å². The van der Waals surface area contributed by atoms with Gasteiger partial charge in [0.25, 0.3) is 0 Å². The molecule has 0 saturated heterocycles. The summed E-state index contributed by atoms with van der Waals surface area (Å²) in [5.41, 5.74) is 8.80. The van der Waals surface area contributed by atoms with Gasteiger partial charge < -0.3 is 16.4 Å². The number of nitrogens with zero attached hydrogens (tertiary/aromatic N) is 3. The first-order valence-corrected chi connectivity index (χ1v) is 16.1. The minimum Gasteiger partial charge on any atom is -0.378 e. The maximum atomic E-state index is 14.8. The lowest BCUT2D eigenvalue weighted by Crippen LogP contribution is -2.15. The standard InChI is InChI=1S/C30H24F4N7O2S2/c1-15(16-6-8-22(21(31)12-16)41-45(2,42)43)38-28-18(7-9-26(40-28)30(32,33)34)19-13-24-25(44-29(35)39-24)14-20(19)17-4-3-5-23-27(17)37-11-10-36-23/h3-9,11-12,14-15,36,41H,10H2,1-2H3,(H2,35,39)(H,38,40). The second-order valence-corrected chi connectivity index (χ2v) is 13.1. The molecule has 6 rings (SSSR count). The van der Waals surface area contributed by atoms with E-state index in [2.05, 4.69) is 36.4 Å². The molecule has 3 heterocycles. The van der Waals surface area contributed by atoms with E-state index in [-0.39, 0.29) is 17.1 Å². The highest BCUT2D eigenvalue weighted by molar-refractivity contribution is 7.92. The number of anilines is 4. The van der Waals surface area contributed by atoms with Crippen LogP contribution in [0.4, 0.5) is 45.6 Å². The number of sulfonamides is 1. The van der Waals surface area contributed by atoms with Gasteiger partial charge in [0, 0.05) is 29.0 Å². The lowest BCUT2D eigenvalue weighted by Gasteiger charge is -2.22. The summed E-state index contributed by atoms with van der Waals surface area (Å²) in [7, 11) is -3.73. The number of aliphatic imine (C=N–C) groups is 1. The highest BCUT2D eigenvalue weighted by Crippen LogP contribution is 2.46. The Morgan fingerprint density at radius 2 is 1.87 bits per heavy atom. The Balaban J connectivity index is 1.51. The first-order valence-electron chi connectivity index (χ1n) is 13.4. The van der Waals surface area contributed by atoms with Crippen molar-refractivity contribution in [1.82, 2.24) is 9.97 Å². The number of fused-ring (bicyclic) bond motifs is 2. The fourth-order valence-electron chi connectivity index (χ4n) is 4.99. The van der Waals surface area contributed by atoms with Crippen LogP contribution in [0.1, 0.15) is 24.2 Å². The molecule has 0 aliphatic carbocycles. The number of alkyl halides is 3. The second kappa shape index (κ2) is 11.3. The van der Waals surface area contributed by atoms with Gasteiger partial charge in [-0.1, -0.05) is 29.5 Å². The number of pyridine rings is 1. The van der Waals surface area contributed by atoms with Gasteiger partial charge in [0.15, 0.2) is 5.13 Å². The number of rotatable bonds is 7. The Kier molecular flexibility index (Phi) is 7.61. The van der Waals surface area contributed by atoms with Crippen molar-refractivity contribution in [2.45, 2.75) is 19.1 Å². The Morgan fingerprint density at radius 1 is 1.07 bits per heavy atom. The van der Waals surface area contributed by atoms with E-state index in [1.807, 2.05) is 24.3 Å². The molecule has 0 bridgehead atoms. The average Bonchev–Trinajstić information content (AvgIpc) is 3.35. The Morgan fingerprint density at radius 3 is 2.60 bits per heavy atom. The van der Waals surface area contributed by atoms with Crippen molar-refractivity contribution in [3.8, 4) is 22.3 Å². The van der Waals surface area contributed by atoms with Gasteiger partial charge in [-0.05, 0) is 54.4 Å². The number of halogens is 4. The molecule has 1 atom stereocenters. The van der Waals surface area contributed by atoms with Crippen LogP contribution < -0.4 is 21.1 Å². The van der Waals surface area contributed by atoms with Crippen LogP contribution in [-0.2, 0) is 16.2 Å². The number of thiazole rings is 1. The fourth-order valence-corrected chi connectivity index (χ4v) is 6.28. The molecule has 45 heavy (non-hydrogen) atoms. The van der Waals surface area contributed by atoms with Crippen LogP contribution in [0, 0.1) is 11.9 Å². The zero-order valence-electron chi connectivity index (χ0n) is 23.6. The number of aromatic nitrogens is 2. The molecule has 1 aliphatic heterocycles. The van der Waals surface area contributed by atoms with Gasteiger partial charge in [-0.3, -0.25) is 9.71 Å². The molecule has 0 amide bonds. The van der Waals surface area contributed by atoms with Gasteiger partial charge in [-0.25, -0.2) is 22.8 Å². The summed E-state index contributed by atoms with van der Waals surface area (Å²) >= 11 is 1.25. The quantitative estimate of drug-likeness (QED) is 0.136. The van der Waals surface area contributed by atoms with E-state index in [4.69, 9.17) is 5.73 Å². The monoisotopic (exact) mass is 654 g/mol. The summed E-state index contributed by atoms with van der Waals surface area (Å²) in [4.78, 5) is 12.9. The van der Waals surface area contributed by atoms with Gasteiger partial charge in [0.2, 0.25) is 10.0 Å². The van der Waals surface area contributed by atoms with Gasteiger partial charge in [-0.2, -0.15) is 13.2 Å². The molecule has 1 unspecified atom stereocenters. The van der Waals surface area contributed by atoms with Crippen LogP contribution in [0.15, 0.2) is 59.6 Å². The average molecular weight is 655 g/mol. The zero-order chi connectivity index (χ0) is 32.1. The van der Waals surface area contributed by atoms with Crippen molar-refractivity contribution in [1.29, 1.82) is 0 Å². The predicted molar refractivity (Wildman–Crippen MR) is 170 cm³/mol. The van der Waals surface area contributed by atoms with Crippen molar-refractivity contribution in [3.05, 3.63) is 77.7 Å². The van der Waals surface area contributed by atoms with Crippen LogP contribution in [0.5, 0.6) is 0 Å². The van der Waals surface area contributed by atoms with Crippen LogP contribution in [0.25, 0.3) is 32.5 Å². The summed E-state index contributed by atoms with van der Waals surface area (Å²) in [5, 5.41) is 6.57. The molecule has 15 heteroatoms. The molecule has 231 valence electrons. The van der Waals surface area contributed by atoms with Crippen LogP contribution >= 0.6 is 11.3 Å². The molecular weight excluding hydrogens is 631 g/mol. The molecule has 5 N–H and O–H groups in total. The van der Waals surface area contributed by atoms with E-state index < -0.39 is 33.8 Å². The van der Waals surface area contributed by atoms with E-state index in [9.17, 15) is 26.0 Å².